The summed E-state index contributed by atoms with van der Waals surface area (Å²) >= 11 is 0. The first-order valence-electron chi connectivity index (χ1n) is 4.82. The van der Waals surface area contributed by atoms with Crippen molar-refractivity contribution in [3.05, 3.63) is 18.0 Å². The second kappa shape index (κ2) is 3.92. The summed E-state index contributed by atoms with van der Waals surface area (Å²) in [6, 6.07) is 1.71. The van der Waals surface area contributed by atoms with Crippen molar-refractivity contribution in [3.8, 4) is 0 Å². The Bertz CT molecular complexity index is 322. The van der Waals surface area contributed by atoms with Crippen LogP contribution in [-0.2, 0) is 6.54 Å². The van der Waals surface area contributed by atoms with Crippen LogP contribution in [0.25, 0.3) is 0 Å². The average molecular weight is 195 g/mol. The first-order chi connectivity index (χ1) is 6.46. The van der Waals surface area contributed by atoms with Gasteiger partial charge in [-0.25, -0.2) is 0 Å². The molecule has 0 aliphatic heterocycles. The van der Waals surface area contributed by atoms with Crippen molar-refractivity contribution < 1.29 is 4.79 Å². The predicted octanol–water partition coefficient (Wildman–Crippen LogP) is 1.21. The van der Waals surface area contributed by atoms with E-state index in [2.05, 4.69) is 5.10 Å². The lowest BCUT2D eigenvalue weighted by molar-refractivity contribution is 0.0902. The smallest absolute Gasteiger partial charge is 0.200 e. The molecule has 0 spiro atoms. The lowest BCUT2D eigenvalue weighted by atomic mass is 9.98. The van der Waals surface area contributed by atoms with Crippen LogP contribution in [0.4, 0.5) is 0 Å². The van der Waals surface area contributed by atoms with Crippen LogP contribution in [0.1, 0.15) is 37.7 Å². The second-order valence-electron chi connectivity index (χ2n) is 3.99. The number of nitrogens with two attached hydrogens (primary N) is 1. The van der Waals surface area contributed by atoms with Crippen molar-refractivity contribution in [1.82, 2.24) is 9.78 Å². The van der Waals surface area contributed by atoms with Crippen LogP contribution >= 0.6 is 0 Å². The van der Waals surface area contributed by atoms with Gasteiger partial charge in [0.15, 0.2) is 5.78 Å². The summed E-state index contributed by atoms with van der Waals surface area (Å²) < 4.78 is 1.71. The molecular formula is C10H17N3O. The van der Waals surface area contributed by atoms with E-state index in [-0.39, 0.29) is 5.78 Å². The minimum absolute atomic E-state index is 0.0662. The number of nitrogens with zero attached hydrogens (tertiary/aromatic N) is 2. The molecule has 0 radical (unpaired) electrons. The summed E-state index contributed by atoms with van der Waals surface area (Å²) in [5, 5.41) is 4.08. The van der Waals surface area contributed by atoms with E-state index >= 15 is 0 Å². The van der Waals surface area contributed by atoms with Gasteiger partial charge in [0.05, 0.1) is 5.54 Å². The van der Waals surface area contributed by atoms with Gasteiger partial charge in [0.2, 0.25) is 0 Å². The number of Topliss-reactive ketones (excluding diaryl/α,β-unsaturated/α-hetero) is 1. The molecule has 0 atom stereocenters. The van der Waals surface area contributed by atoms with E-state index in [1.54, 1.807) is 30.8 Å². The molecule has 0 aliphatic carbocycles. The highest BCUT2D eigenvalue weighted by molar-refractivity contribution is 6.01. The van der Waals surface area contributed by atoms with Crippen molar-refractivity contribution >= 4 is 5.78 Å². The molecule has 4 nitrogen and oxygen atoms in total. The average Bonchev–Trinajstić information content (AvgIpc) is 2.50. The zero-order chi connectivity index (χ0) is 10.8. The molecule has 2 N–H and O–H groups in total. The number of ketones is 1. The molecule has 4 heteroatoms. The van der Waals surface area contributed by atoms with Crippen molar-refractivity contribution in [2.45, 2.75) is 39.3 Å². The van der Waals surface area contributed by atoms with E-state index in [0.717, 1.165) is 13.0 Å². The van der Waals surface area contributed by atoms with Crippen LogP contribution in [0, 0.1) is 0 Å². The molecule has 1 heterocycles. The summed E-state index contributed by atoms with van der Waals surface area (Å²) in [4.78, 5) is 11.8. The molecule has 0 amide bonds. The lowest BCUT2D eigenvalue weighted by Crippen LogP contribution is -2.42. The molecule has 0 saturated heterocycles. The minimum Gasteiger partial charge on any atom is -0.319 e. The van der Waals surface area contributed by atoms with Crippen molar-refractivity contribution in [3.63, 3.8) is 0 Å². The lowest BCUT2D eigenvalue weighted by Gasteiger charge is -2.17. The molecule has 1 aromatic rings. The van der Waals surface area contributed by atoms with E-state index in [0.29, 0.717) is 5.69 Å². The van der Waals surface area contributed by atoms with Gasteiger partial charge in [0.1, 0.15) is 5.69 Å². The Labute approximate surface area is 84.1 Å². The normalized spacial score (nSPS) is 11.7. The van der Waals surface area contributed by atoms with Crippen LogP contribution in [-0.4, -0.2) is 21.1 Å². The van der Waals surface area contributed by atoms with Crippen LogP contribution in [0.3, 0.4) is 0 Å². The first kappa shape index (κ1) is 10.9. The van der Waals surface area contributed by atoms with Gasteiger partial charge in [-0.3, -0.25) is 9.48 Å². The molecule has 1 aromatic heterocycles. The number of rotatable bonds is 4. The maximum Gasteiger partial charge on any atom is 0.200 e. The SMILES string of the molecule is CCCn1nccc1C(=O)C(C)(C)N. The van der Waals surface area contributed by atoms with Gasteiger partial charge in [-0.1, -0.05) is 6.92 Å². The number of aryl methyl sites for hydroxylation is 1. The van der Waals surface area contributed by atoms with Crippen molar-refractivity contribution in [2.24, 2.45) is 5.73 Å². The fraction of sp³-hybridized carbons (Fsp3) is 0.600. The third-order valence-electron chi connectivity index (χ3n) is 1.97. The number of carbonyl (C=O) groups excluding carboxylic acids is 1. The number of hydrogen-bond donors (Lipinski definition) is 1. The third kappa shape index (κ3) is 2.20. The Balaban J connectivity index is 2.95. The van der Waals surface area contributed by atoms with Gasteiger partial charge in [0, 0.05) is 12.7 Å². The molecule has 0 bridgehead atoms. The van der Waals surface area contributed by atoms with Crippen LogP contribution in [0.2, 0.25) is 0 Å². The maximum atomic E-state index is 11.8. The molecule has 0 aromatic carbocycles. The fourth-order valence-corrected chi connectivity index (χ4v) is 1.25. The van der Waals surface area contributed by atoms with E-state index in [9.17, 15) is 4.79 Å². The topological polar surface area (TPSA) is 60.9 Å². The Morgan fingerprint density at radius 2 is 2.29 bits per heavy atom. The molecule has 0 aliphatic rings. The third-order valence-corrected chi connectivity index (χ3v) is 1.97. The monoisotopic (exact) mass is 195 g/mol. The van der Waals surface area contributed by atoms with Gasteiger partial charge in [0.25, 0.3) is 0 Å². The standard InChI is InChI=1S/C10H17N3O/c1-4-7-13-8(5-6-12-13)9(14)10(2,3)11/h5-6H,4,7,11H2,1-3H3. The van der Waals surface area contributed by atoms with Crippen molar-refractivity contribution in [1.29, 1.82) is 0 Å². The zero-order valence-corrected chi connectivity index (χ0v) is 8.95. The Kier molecular flexibility index (Phi) is 3.06. The molecule has 0 saturated carbocycles. The van der Waals surface area contributed by atoms with E-state index < -0.39 is 5.54 Å². The summed E-state index contributed by atoms with van der Waals surface area (Å²) in [6.07, 6.45) is 2.58. The summed E-state index contributed by atoms with van der Waals surface area (Å²) in [6.45, 7) is 6.21. The highest BCUT2D eigenvalue weighted by Gasteiger charge is 2.26. The largest absolute Gasteiger partial charge is 0.319 e. The minimum atomic E-state index is -0.828. The highest BCUT2D eigenvalue weighted by Crippen LogP contribution is 2.10. The molecule has 0 unspecified atom stereocenters. The number of carbonyl (C=O) groups is 1. The quantitative estimate of drug-likeness (QED) is 0.735. The number of aromatic nitrogens is 2. The van der Waals surface area contributed by atoms with Gasteiger partial charge in [-0.15, -0.1) is 0 Å². The predicted molar refractivity (Wildman–Crippen MR) is 55.1 cm³/mol. The Morgan fingerprint density at radius 1 is 1.64 bits per heavy atom. The van der Waals surface area contributed by atoms with Crippen LogP contribution in [0.5, 0.6) is 0 Å². The van der Waals surface area contributed by atoms with Crippen LogP contribution < -0.4 is 5.73 Å². The van der Waals surface area contributed by atoms with Crippen molar-refractivity contribution in [2.75, 3.05) is 0 Å². The van der Waals surface area contributed by atoms with Gasteiger partial charge in [-0.2, -0.15) is 5.10 Å². The summed E-state index contributed by atoms with van der Waals surface area (Å²) in [7, 11) is 0. The van der Waals surface area contributed by atoms with E-state index in [1.807, 2.05) is 6.92 Å². The molecule has 1 rings (SSSR count). The molecule has 78 valence electrons. The van der Waals surface area contributed by atoms with Gasteiger partial charge in [-0.05, 0) is 26.3 Å². The van der Waals surface area contributed by atoms with E-state index in [1.165, 1.54) is 0 Å². The Hall–Kier alpha value is -1.16. The Morgan fingerprint density at radius 3 is 2.79 bits per heavy atom. The zero-order valence-electron chi connectivity index (χ0n) is 8.95. The van der Waals surface area contributed by atoms with Gasteiger partial charge < -0.3 is 5.73 Å². The molecule has 0 fully saturated rings. The summed E-state index contributed by atoms with van der Waals surface area (Å²) in [5.41, 5.74) is 5.51. The maximum absolute atomic E-state index is 11.8. The second-order valence-corrected chi connectivity index (χ2v) is 3.99. The first-order valence-corrected chi connectivity index (χ1v) is 4.82. The molecule has 14 heavy (non-hydrogen) atoms. The van der Waals surface area contributed by atoms with E-state index in [4.69, 9.17) is 5.73 Å². The number of hydrogen-bond acceptors (Lipinski definition) is 3. The fourth-order valence-electron chi connectivity index (χ4n) is 1.25. The summed E-state index contributed by atoms with van der Waals surface area (Å²) in [5.74, 6) is -0.0662. The van der Waals surface area contributed by atoms with Crippen LogP contribution in [0.15, 0.2) is 12.3 Å². The highest BCUT2D eigenvalue weighted by atomic mass is 16.1. The van der Waals surface area contributed by atoms with Gasteiger partial charge >= 0.3 is 0 Å². The molecular weight excluding hydrogens is 178 g/mol.